The van der Waals surface area contributed by atoms with Gasteiger partial charge >= 0.3 is 0 Å². The van der Waals surface area contributed by atoms with E-state index in [4.69, 9.17) is 18.9 Å². The van der Waals surface area contributed by atoms with Crippen LogP contribution in [-0.2, 0) is 20.9 Å². The van der Waals surface area contributed by atoms with E-state index in [-0.39, 0.29) is 11.3 Å². The quantitative estimate of drug-likeness (QED) is 0.196. The van der Waals surface area contributed by atoms with E-state index in [2.05, 4.69) is 4.90 Å². The molecular weight excluding hydrogens is 548 g/mol. The highest BCUT2D eigenvalue weighted by molar-refractivity contribution is 6.46. The summed E-state index contributed by atoms with van der Waals surface area (Å²) in [4.78, 5) is 30.9. The molecule has 226 valence electrons. The molecule has 0 aromatic heterocycles. The third-order valence-electron chi connectivity index (χ3n) is 7.81. The smallest absolute Gasteiger partial charge is 0.295 e. The van der Waals surface area contributed by atoms with Crippen molar-refractivity contribution in [3.8, 4) is 17.2 Å². The van der Waals surface area contributed by atoms with Crippen LogP contribution in [0.2, 0.25) is 0 Å². The summed E-state index contributed by atoms with van der Waals surface area (Å²) in [7, 11) is 1.54. The molecule has 1 atom stereocenters. The summed E-state index contributed by atoms with van der Waals surface area (Å²) >= 11 is 0. The number of carbonyl (C=O) groups excluding carboxylic acids is 2. The lowest BCUT2D eigenvalue weighted by Gasteiger charge is -2.31. The second-order valence-corrected chi connectivity index (χ2v) is 10.5. The molecule has 0 spiro atoms. The molecule has 0 unspecified atom stereocenters. The van der Waals surface area contributed by atoms with Crippen LogP contribution in [0.5, 0.6) is 17.2 Å². The van der Waals surface area contributed by atoms with E-state index in [9.17, 15) is 14.7 Å². The monoisotopic (exact) mass is 586 g/mol. The minimum absolute atomic E-state index is 0.0410. The van der Waals surface area contributed by atoms with Crippen molar-refractivity contribution in [1.82, 2.24) is 9.80 Å². The number of ketones is 1. The number of rotatable bonds is 11. The molecular formula is C34H38N2O7. The number of aryl methyl sites for hydroxylation is 1. The van der Waals surface area contributed by atoms with Crippen molar-refractivity contribution >= 4 is 17.4 Å². The fourth-order valence-electron chi connectivity index (χ4n) is 5.54. The molecule has 3 aromatic rings. The number of aliphatic hydroxyl groups excluding tert-OH is 1. The predicted octanol–water partition coefficient (Wildman–Crippen LogP) is 4.74. The molecule has 2 fully saturated rings. The van der Waals surface area contributed by atoms with Crippen molar-refractivity contribution in [1.29, 1.82) is 0 Å². The topological polar surface area (TPSA) is 97.8 Å². The zero-order valence-electron chi connectivity index (χ0n) is 24.9. The van der Waals surface area contributed by atoms with E-state index in [1.54, 1.807) is 36.3 Å². The van der Waals surface area contributed by atoms with Crippen LogP contribution in [0.25, 0.3) is 5.76 Å². The molecule has 2 saturated heterocycles. The lowest BCUT2D eigenvalue weighted by molar-refractivity contribution is -0.140. The summed E-state index contributed by atoms with van der Waals surface area (Å²) in [5.74, 6) is 0.0817. The Labute approximate surface area is 252 Å². The summed E-state index contributed by atoms with van der Waals surface area (Å²) in [5, 5.41) is 11.7. The molecule has 43 heavy (non-hydrogen) atoms. The van der Waals surface area contributed by atoms with Gasteiger partial charge < -0.3 is 29.0 Å². The van der Waals surface area contributed by atoms with Crippen molar-refractivity contribution in [3.05, 3.63) is 94.6 Å². The highest BCUT2D eigenvalue weighted by atomic mass is 16.5. The molecule has 2 aliphatic heterocycles. The zero-order chi connectivity index (χ0) is 30.3. The fraction of sp³-hybridized carbons (Fsp3) is 0.353. The Bertz CT molecular complexity index is 1480. The van der Waals surface area contributed by atoms with Gasteiger partial charge in [-0.15, -0.1) is 0 Å². The third-order valence-corrected chi connectivity index (χ3v) is 7.81. The van der Waals surface area contributed by atoms with Gasteiger partial charge in [0.1, 0.15) is 18.1 Å². The highest BCUT2D eigenvalue weighted by Gasteiger charge is 2.46. The molecule has 0 aliphatic carbocycles. The number of benzene rings is 3. The summed E-state index contributed by atoms with van der Waals surface area (Å²) < 4.78 is 22.7. The van der Waals surface area contributed by atoms with Crippen molar-refractivity contribution in [2.24, 2.45) is 0 Å². The van der Waals surface area contributed by atoms with Gasteiger partial charge in [0.05, 0.1) is 38.5 Å². The number of ether oxygens (including phenoxy) is 4. The number of likely N-dealkylation sites (tertiary alicyclic amines) is 1. The molecule has 0 bridgehead atoms. The second kappa shape index (κ2) is 13.8. The van der Waals surface area contributed by atoms with Crippen LogP contribution in [-0.4, -0.2) is 79.7 Å². The molecule has 0 radical (unpaired) electrons. The first-order valence-corrected chi connectivity index (χ1v) is 14.6. The number of methoxy groups -OCH3 is 1. The van der Waals surface area contributed by atoms with Crippen molar-refractivity contribution < 1.29 is 33.6 Å². The van der Waals surface area contributed by atoms with Gasteiger partial charge in [0, 0.05) is 31.7 Å². The number of morpholine rings is 1. The summed E-state index contributed by atoms with van der Waals surface area (Å²) in [6, 6.07) is 19.7. The Morgan fingerprint density at radius 3 is 2.42 bits per heavy atom. The van der Waals surface area contributed by atoms with Gasteiger partial charge in [-0.1, -0.05) is 36.4 Å². The fourth-order valence-corrected chi connectivity index (χ4v) is 5.54. The van der Waals surface area contributed by atoms with E-state index >= 15 is 0 Å². The van der Waals surface area contributed by atoms with Gasteiger partial charge in [0.15, 0.2) is 11.5 Å². The summed E-state index contributed by atoms with van der Waals surface area (Å²) in [6.07, 6.45) is 0. The maximum absolute atomic E-state index is 13.6. The van der Waals surface area contributed by atoms with Crippen LogP contribution in [0.4, 0.5) is 0 Å². The number of nitrogens with zero attached hydrogens (tertiary/aromatic N) is 2. The number of carbonyl (C=O) groups is 2. The minimum atomic E-state index is -0.806. The maximum atomic E-state index is 13.6. The van der Waals surface area contributed by atoms with E-state index < -0.39 is 17.7 Å². The molecule has 2 heterocycles. The standard InChI is InChI=1S/C34H38N2O7/c1-4-42-28-13-10-25(21-29(28)40-3)31-30(33(38)34(39)36(31)15-14-35-16-18-41-19-17-35)32(37)27-12-11-26(20-23(27)2)43-22-24-8-6-5-7-9-24/h5-13,20-21,31,37H,4,14-19,22H2,1-3H3/b32-30+/t31-/m0/s1. The van der Waals surface area contributed by atoms with Crippen molar-refractivity contribution in [2.45, 2.75) is 26.5 Å². The van der Waals surface area contributed by atoms with Crippen LogP contribution in [0.1, 0.15) is 35.2 Å². The Kier molecular flexibility index (Phi) is 9.64. The summed E-state index contributed by atoms with van der Waals surface area (Å²) in [6.45, 7) is 8.23. The molecule has 1 amide bonds. The number of hydrogen-bond donors (Lipinski definition) is 1. The molecule has 9 nitrogen and oxygen atoms in total. The molecule has 2 aliphatic rings. The molecule has 9 heteroatoms. The molecule has 0 saturated carbocycles. The minimum Gasteiger partial charge on any atom is -0.507 e. The van der Waals surface area contributed by atoms with Gasteiger partial charge in [0.25, 0.3) is 11.7 Å². The van der Waals surface area contributed by atoms with E-state index in [0.29, 0.717) is 73.5 Å². The maximum Gasteiger partial charge on any atom is 0.295 e. The third kappa shape index (κ3) is 6.68. The van der Waals surface area contributed by atoms with Crippen LogP contribution in [0.15, 0.2) is 72.3 Å². The van der Waals surface area contributed by atoms with Gasteiger partial charge in [-0.05, 0) is 60.9 Å². The lowest BCUT2D eigenvalue weighted by Crippen LogP contribution is -2.42. The predicted molar refractivity (Wildman–Crippen MR) is 162 cm³/mol. The van der Waals surface area contributed by atoms with E-state index in [1.807, 2.05) is 56.3 Å². The number of amides is 1. The van der Waals surface area contributed by atoms with Gasteiger partial charge in [0.2, 0.25) is 0 Å². The zero-order valence-corrected chi connectivity index (χ0v) is 24.9. The first-order chi connectivity index (χ1) is 20.9. The first kappa shape index (κ1) is 30.1. The van der Waals surface area contributed by atoms with E-state index in [0.717, 1.165) is 18.7 Å². The number of hydrogen-bond acceptors (Lipinski definition) is 8. The Balaban J connectivity index is 1.50. The largest absolute Gasteiger partial charge is 0.507 e. The van der Waals surface area contributed by atoms with Gasteiger partial charge in [-0.2, -0.15) is 0 Å². The van der Waals surface area contributed by atoms with Gasteiger partial charge in [-0.25, -0.2) is 0 Å². The number of Topliss-reactive ketones (excluding diaryl/α,β-unsaturated/α-hetero) is 1. The average molecular weight is 587 g/mol. The molecule has 3 aromatic carbocycles. The Morgan fingerprint density at radius 1 is 0.953 bits per heavy atom. The number of aliphatic hydroxyl groups is 1. The van der Waals surface area contributed by atoms with Crippen molar-refractivity contribution in [2.75, 3.05) is 53.1 Å². The van der Waals surface area contributed by atoms with Gasteiger partial charge in [-0.3, -0.25) is 14.5 Å². The average Bonchev–Trinajstić information content (AvgIpc) is 3.29. The van der Waals surface area contributed by atoms with Crippen LogP contribution in [0, 0.1) is 6.92 Å². The summed E-state index contributed by atoms with van der Waals surface area (Å²) in [5.41, 5.74) is 2.89. The Morgan fingerprint density at radius 2 is 1.72 bits per heavy atom. The van der Waals surface area contributed by atoms with Crippen LogP contribution in [0.3, 0.4) is 0 Å². The highest BCUT2D eigenvalue weighted by Crippen LogP contribution is 2.42. The van der Waals surface area contributed by atoms with E-state index in [1.165, 1.54) is 0 Å². The molecule has 5 rings (SSSR count). The SMILES string of the molecule is CCOc1ccc([C@H]2/C(=C(\O)c3ccc(OCc4ccccc4)cc3C)C(=O)C(=O)N2CCN2CCOCC2)cc1OC. The first-order valence-electron chi connectivity index (χ1n) is 14.6. The molecule has 1 N–H and O–H groups in total. The second-order valence-electron chi connectivity index (χ2n) is 10.5. The van der Waals surface area contributed by atoms with Crippen molar-refractivity contribution in [3.63, 3.8) is 0 Å². The van der Waals surface area contributed by atoms with Crippen LogP contribution >= 0.6 is 0 Å². The normalized spacial score (nSPS) is 18.6. The van der Waals surface area contributed by atoms with Crippen LogP contribution < -0.4 is 14.2 Å². The lowest BCUT2D eigenvalue weighted by atomic mass is 9.93. The Hall–Kier alpha value is -4.34.